The molecule has 0 aliphatic carbocycles. The molecule has 1 aliphatic heterocycles. The van der Waals surface area contributed by atoms with Crippen LogP contribution in [-0.4, -0.2) is 28.3 Å². The van der Waals surface area contributed by atoms with Gasteiger partial charge in [0.05, 0.1) is 0 Å². The van der Waals surface area contributed by atoms with Crippen LogP contribution in [0.4, 0.5) is 0 Å². The van der Waals surface area contributed by atoms with Gasteiger partial charge in [0.1, 0.15) is 0 Å². The van der Waals surface area contributed by atoms with Gasteiger partial charge >= 0.3 is 9.28 Å². The van der Waals surface area contributed by atoms with Crippen LogP contribution in [0.25, 0.3) is 0 Å². The predicted octanol–water partition coefficient (Wildman–Crippen LogP) is 0.912. The Bertz CT molecular complexity index is 186. The van der Waals surface area contributed by atoms with Gasteiger partial charge < -0.3 is 8.85 Å². The molecule has 0 saturated carbocycles. The summed E-state index contributed by atoms with van der Waals surface area (Å²) in [7, 11) is -1.53. The summed E-state index contributed by atoms with van der Waals surface area (Å²) in [6.07, 6.45) is 2.38. The van der Waals surface area contributed by atoms with E-state index in [0.717, 1.165) is 25.6 Å². The van der Waals surface area contributed by atoms with Crippen LogP contribution in [0.2, 0.25) is 6.04 Å². The van der Waals surface area contributed by atoms with Crippen LogP contribution in [0, 0.1) is 5.92 Å². The second-order valence-electron chi connectivity index (χ2n) is 4.39. The maximum absolute atomic E-state index is 6.20. The first-order valence-electron chi connectivity index (χ1n) is 5.92. The topological polar surface area (TPSA) is 56.5 Å². The normalized spacial score (nSPS) is 26.6. The number of nitrogens with one attached hydrogen (secondary N) is 1. The smallest absolute Gasteiger partial charge is 0.323 e. The third-order valence-electron chi connectivity index (χ3n) is 2.78. The van der Waals surface area contributed by atoms with Crippen LogP contribution in [0.5, 0.6) is 0 Å². The predicted molar refractivity (Wildman–Crippen MR) is 63.7 cm³/mol. The maximum atomic E-state index is 6.20. The molecule has 5 heteroatoms. The van der Waals surface area contributed by atoms with Crippen molar-refractivity contribution >= 4 is 9.28 Å². The molecule has 4 nitrogen and oxygen atoms in total. The molecule has 1 heterocycles. The van der Waals surface area contributed by atoms with Crippen molar-refractivity contribution in [2.24, 2.45) is 11.7 Å². The monoisotopic (exact) mass is 232 g/mol. The zero-order valence-corrected chi connectivity index (χ0v) is 11.2. The Morgan fingerprint density at radius 1 is 1.53 bits per heavy atom. The van der Waals surface area contributed by atoms with E-state index in [1.165, 1.54) is 6.42 Å². The highest BCUT2D eigenvalue weighted by Gasteiger charge is 2.34. The molecular formula is C10H24N2O2Si. The molecule has 1 rings (SSSR count). The fourth-order valence-electron chi connectivity index (χ4n) is 1.68. The Kier molecular flexibility index (Phi) is 5.21. The molecule has 0 radical (unpaired) electrons. The highest BCUT2D eigenvalue weighted by molar-refractivity contribution is 6.44. The van der Waals surface area contributed by atoms with Gasteiger partial charge in [-0.1, -0.05) is 20.8 Å². The van der Waals surface area contributed by atoms with Crippen molar-refractivity contribution in [1.29, 1.82) is 0 Å². The Morgan fingerprint density at radius 2 is 2.27 bits per heavy atom. The van der Waals surface area contributed by atoms with Crippen LogP contribution < -0.4 is 11.1 Å². The first-order chi connectivity index (χ1) is 7.08. The minimum atomic E-state index is -1.53. The van der Waals surface area contributed by atoms with Crippen molar-refractivity contribution in [3.8, 4) is 0 Å². The molecule has 2 unspecified atom stereocenters. The van der Waals surface area contributed by atoms with E-state index in [4.69, 9.17) is 14.6 Å². The minimum Gasteiger partial charge on any atom is -0.396 e. The van der Waals surface area contributed by atoms with Gasteiger partial charge in [0.15, 0.2) is 5.85 Å². The summed E-state index contributed by atoms with van der Waals surface area (Å²) >= 11 is 0. The zero-order valence-electron chi connectivity index (χ0n) is 10.1. The summed E-state index contributed by atoms with van der Waals surface area (Å²) in [5.41, 5.74) is 6.20. The largest absolute Gasteiger partial charge is 0.396 e. The first kappa shape index (κ1) is 13.1. The third kappa shape index (κ3) is 3.84. The van der Waals surface area contributed by atoms with Gasteiger partial charge in [0.25, 0.3) is 0 Å². The van der Waals surface area contributed by atoms with Crippen LogP contribution in [-0.2, 0) is 8.85 Å². The second kappa shape index (κ2) is 5.96. The van der Waals surface area contributed by atoms with Crippen molar-refractivity contribution in [2.75, 3.05) is 13.2 Å². The Hall–Kier alpha value is 0.0569. The second-order valence-corrected chi connectivity index (χ2v) is 6.40. The van der Waals surface area contributed by atoms with E-state index in [2.05, 4.69) is 19.2 Å². The molecule has 1 aliphatic rings. The average molecular weight is 232 g/mol. The standard InChI is InChI=1S/C10H24N2O2Si/c1-4-12-10(11,9(2)3)14-15-8-6-5-7-13-15/h9,12,15H,4-8,11H2,1-3H3. The van der Waals surface area contributed by atoms with E-state index < -0.39 is 15.1 Å². The average Bonchev–Trinajstić information content (AvgIpc) is 2.19. The Balaban J connectivity index is 2.48. The van der Waals surface area contributed by atoms with E-state index in [1.807, 2.05) is 6.92 Å². The Labute approximate surface area is 94.4 Å². The van der Waals surface area contributed by atoms with Crippen molar-refractivity contribution in [3.05, 3.63) is 0 Å². The number of nitrogens with two attached hydrogens (primary N) is 1. The lowest BCUT2D eigenvalue weighted by Crippen LogP contribution is -2.62. The van der Waals surface area contributed by atoms with Crippen LogP contribution >= 0.6 is 0 Å². The van der Waals surface area contributed by atoms with E-state index in [0.29, 0.717) is 0 Å². The summed E-state index contributed by atoms with van der Waals surface area (Å²) in [6.45, 7) is 7.84. The fraction of sp³-hybridized carbons (Fsp3) is 1.00. The molecule has 2 atom stereocenters. The molecule has 0 bridgehead atoms. The highest BCUT2D eigenvalue weighted by Crippen LogP contribution is 2.19. The summed E-state index contributed by atoms with van der Waals surface area (Å²) < 4.78 is 11.6. The molecule has 90 valence electrons. The van der Waals surface area contributed by atoms with E-state index >= 15 is 0 Å². The summed E-state index contributed by atoms with van der Waals surface area (Å²) in [6, 6.07) is 1.08. The van der Waals surface area contributed by atoms with Gasteiger partial charge in [-0.2, -0.15) is 0 Å². The van der Waals surface area contributed by atoms with E-state index in [-0.39, 0.29) is 5.92 Å². The van der Waals surface area contributed by atoms with Crippen LogP contribution in [0.3, 0.4) is 0 Å². The molecule has 0 aromatic carbocycles. The molecule has 0 aromatic heterocycles. The fourth-order valence-corrected chi connectivity index (χ4v) is 3.87. The van der Waals surface area contributed by atoms with Crippen molar-refractivity contribution in [3.63, 3.8) is 0 Å². The summed E-state index contributed by atoms with van der Waals surface area (Å²) in [5, 5.41) is 3.22. The van der Waals surface area contributed by atoms with Crippen LogP contribution in [0.1, 0.15) is 33.6 Å². The van der Waals surface area contributed by atoms with E-state index in [1.54, 1.807) is 0 Å². The summed E-state index contributed by atoms with van der Waals surface area (Å²) in [4.78, 5) is 0. The quantitative estimate of drug-likeness (QED) is 0.546. The molecule has 15 heavy (non-hydrogen) atoms. The molecule has 0 amide bonds. The zero-order chi connectivity index (χ0) is 11.3. The van der Waals surface area contributed by atoms with Crippen molar-refractivity contribution in [2.45, 2.75) is 45.5 Å². The number of rotatable bonds is 5. The van der Waals surface area contributed by atoms with Gasteiger partial charge in [-0.05, 0) is 25.4 Å². The lowest BCUT2D eigenvalue weighted by molar-refractivity contribution is -0.0314. The third-order valence-corrected chi connectivity index (χ3v) is 4.92. The van der Waals surface area contributed by atoms with Gasteiger partial charge in [0, 0.05) is 12.5 Å². The summed E-state index contributed by atoms with van der Waals surface area (Å²) in [5.74, 6) is -0.460. The molecule has 0 aromatic rings. The molecule has 3 N–H and O–H groups in total. The molecule has 1 saturated heterocycles. The van der Waals surface area contributed by atoms with Crippen molar-refractivity contribution in [1.82, 2.24) is 5.32 Å². The molecule has 0 spiro atoms. The van der Waals surface area contributed by atoms with Gasteiger partial charge in [0.2, 0.25) is 0 Å². The minimum absolute atomic E-state index is 0.246. The highest BCUT2D eigenvalue weighted by atomic mass is 28.3. The van der Waals surface area contributed by atoms with Crippen molar-refractivity contribution < 1.29 is 8.85 Å². The van der Waals surface area contributed by atoms with Crippen LogP contribution in [0.15, 0.2) is 0 Å². The van der Waals surface area contributed by atoms with Gasteiger partial charge in [-0.25, -0.2) is 0 Å². The lowest BCUT2D eigenvalue weighted by atomic mass is 10.1. The SMILES string of the molecule is CCNC(N)(O[SiH]1CCCCO1)C(C)C. The van der Waals surface area contributed by atoms with Gasteiger partial charge in [-0.15, -0.1) is 0 Å². The number of hydrogen-bond donors (Lipinski definition) is 2. The lowest BCUT2D eigenvalue weighted by Gasteiger charge is -2.38. The molecule has 1 fully saturated rings. The van der Waals surface area contributed by atoms with E-state index in [9.17, 15) is 0 Å². The Morgan fingerprint density at radius 3 is 2.73 bits per heavy atom. The number of hydrogen-bond acceptors (Lipinski definition) is 4. The maximum Gasteiger partial charge on any atom is 0.323 e. The van der Waals surface area contributed by atoms with Gasteiger partial charge in [-0.3, -0.25) is 11.1 Å². The molecular weight excluding hydrogens is 208 g/mol. The first-order valence-corrected chi connectivity index (χ1v) is 7.67.